The minimum absolute atomic E-state index is 0.488. The van der Waals surface area contributed by atoms with Crippen LogP contribution in [0.2, 0.25) is 0 Å². The molecule has 0 saturated heterocycles. The summed E-state index contributed by atoms with van der Waals surface area (Å²) < 4.78 is 12.4. The van der Waals surface area contributed by atoms with Gasteiger partial charge >= 0.3 is 0 Å². The summed E-state index contributed by atoms with van der Waals surface area (Å²) in [4.78, 5) is 10.1. The van der Waals surface area contributed by atoms with Crippen LogP contribution in [0.15, 0.2) is 0 Å². The summed E-state index contributed by atoms with van der Waals surface area (Å²) in [5, 5.41) is 0. The Morgan fingerprint density at radius 2 is 2.22 bits per heavy atom. The number of hydrogen-bond acceptors (Lipinski definition) is 1. The predicted octanol–water partition coefficient (Wildman–Crippen LogP) is 0.814. The molecule has 0 aromatic heterocycles. The van der Waals surface area contributed by atoms with E-state index in [1.807, 2.05) is 0 Å². The van der Waals surface area contributed by atoms with E-state index in [9.17, 15) is 9.18 Å². The number of nitrogens with two attached hydrogens (primary N) is 1. The fraction of sp³-hybridized carbons (Fsp3) is 0.667. The van der Waals surface area contributed by atoms with Gasteiger partial charge in [0.05, 0.1) is 0 Å². The van der Waals surface area contributed by atoms with Gasteiger partial charge in [-0.15, -0.1) is 0 Å². The lowest BCUT2D eigenvalue weighted by Gasteiger charge is -2.08. The monoisotopic (exact) mass is 132 g/mol. The second kappa shape index (κ2) is 3.43. The number of primary amides is 1. The predicted molar refractivity (Wildman–Crippen MR) is 33.3 cm³/mol. The zero-order valence-corrected chi connectivity index (χ0v) is 5.65. The first kappa shape index (κ1) is 8.40. The van der Waals surface area contributed by atoms with Crippen molar-refractivity contribution < 1.29 is 9.18 Å². The fourth-order valence-corrected chi connectivity index (χ4v) is 0.422. The highest BCUT2D eigenvalue weighted by Crippen LogP contribution is 2.12. The smallest absolute Gasteiger partial charge is 0.252 e. The zero-order valence-electron chi connectivity index (χ0n) is 5.65. The third-order valence-electron chi connectivity index (χ3n) is 1.24. The van der Waals surface area contributed by atoms with E-state index in [0.29, 0.717) is 12.3 Å². The highest BCUT2D eigenvalue weighted by atomic mass is 19.1. The number of carbonyl (C=O) groups is 1. The molecule has 0 saturated carbocycles. The number of amides is 1. The topological polar surface area (TPSA) is 43.1 Å². The van der Waals surface area contributed by atoms with Crippen molar-refractivity contribution in [3.63, 3.8) is 0 Å². The molecule has 0 aliphatic carbocycles. The standard InChI is InChI=1S/C6H11FNO/c1-3-4(2)5(7)6(8)9/h5H,3H2,1-2H3,(H2,8,9). The minimum Gasteiger partial charge on any atom is -0.367 e. The molecule has 0 spiro atoms. The van der Waals surface area contributed by atoms with Crippen molar-refractivity contribution in [2.45, 2.75) is 26.4 Å². The van der Waals surface area contributed by atoms with Gasteiger partial charge in [0.15, 0.2) is 6.17 Å². The van der Waals surface area contributed by atoms with Gasteiger partial charge in [0.25, 0.3) is 5.91 Å². The second-order valence-electron chi connectivity index (χ2n) is 1.96. The van der Waals surface area contributed by atoms with Gasteiger partial charge in [0, 0.05) is 5.92 Å². The Hall–Kier alpha value is -0.600. The summed E-state index contributed by atoms with van der Waals surface area (Å²) in [6, 6.07) is 0. The highest BCUT2D eigenvalue weighted by molar-refractivity contribution is 5.80. The number of carbonyl (C=O) groups excluding carboxylic acids is 1. The van der Waals surface area contributed by atoms with Crippen molar-refractivity contribution in [3.05, 3.63) is 5.92 Å². The molecule has 1 radical (unpaired) electrons. The molecule has 0 aromatic carbocycles. The molecule has 9 heavy (non-hydrogen) atoms. The zero-order chi connectivity index (χ0) is 7.44. The van der Waals surface area contributed by atoms with Crippen molar-refractivity contribution in [2.75, 3.05) is 0 Å². The molecule has 0 aliphatic heterocycles. The Morgan fingerprint density at radius 3 is 2.33 bits per heavy atom. The van der Waals surface area contributed by atoms with Crippen molar-refractivity contribution >= 4 is 5.91 Å². The Morgan fingerprint density at radius 1 is 1.78 bits per heavy atom. The summed E-state index contributed by atoms with van der Waals surface area (Å²) in [6.45, 7) is 3.36. The van der Waals surface area contributed by atoms with E-state index in [-0.39, 0.29) is 0 Å². The summed E-state index contributed by atoms with van der Waals surface area (Å²) in [7, 11) is 0. The van der Waals surface area contributed by atoms with Crippen LogP contribution in [0.3, 0.4) is 0 Å². The SMILES string of the molecule is CC[C](C)C(F)C(N)=O. The van der Waals surface area contributed by atoms with Crippen molar-refractivity contribution in [1.29, 1.82) is 0 Å². The van der Waals surface area contributed by atoms with Crippen molar-refractivity contribution in [3.8, 4) is 0 Å². The van der Waals surface area contributed by atoms with Crippen LogP contribution in [0.5, 0.6) is 0 Å². The summed E-state index contributed by atoms with van der Waals surface area (Å²) in [5.74, 6) is -0.406. The summed E-state index contributed by atoms with van der Waals surface area (Å²) >= 11 is 0. The maximum Gasteiger partial charge on any atom is 0.252 e. The van der Waals surface area contributed by atoms with Crippen LogP contribution in [-0.2, 0) is 4.79 Å². The maximum atomic E-state index is 12.4. The molecule has 0 rings (SSSR count). The van der Waals surface area contributed by atoms with E-state index in [2.05, 4.69) is 5.73 Å². The Bertz CT molecular complexity index is 105. The maximum absolute atomic E-state index is 12.4. The third kappa shape index (κ3) is 2.44. The Balaban J connectivity index is 3.72. The molecule has 0 aromatic rings. The third-order valence-corrected chi connectivity index (χ3v) is 1.24. The second-order valence-corrected chi connectivity index (χ2v) is 1.96. The Kier molecular flexibility index (Phi) is 3.20. The molecule has 0 fully saturated rings. The van der Waals surface area contributed by atoms with E-state index in [0.717, 1.165) is 0 Å². The van der Waals surface area contributed by atoms with E-state index in [4.69, 9.17) is 0 Å². The van der Waals surface area contributed by atoms with Crippen LogP contribution >= 0.6 is 0 Å². The number of halogens is 1. The first-order chi connectivity index (χ1) is 4.09. The molecular weight excluding hydrogens is 121 g/mol. The Labute approximate surface area is 54.2 Å². The van der Waals surface area contributed by atoms with Crippen LogP contribution in [0, 0.1) is 5.92 Å². The first-order valence-electron chi connectivity index (χ1n) is 2.85. The molecule has 1 atom stereocenters. The molecule has 0 bridgehead atoms. The summed E-state index contributed by atoms with van der Waals surface area (Å²) in [6.07, 6.45) is -1.00. The quantitative estimate of drug-likeness (QED) is 0.606. The fourth-order valence-electron chi connectivity index (χ4n) is 0.422. The van der Waals surface area contributed by atoms with Crippen LogP contribution in [0.4, 0.5) is 4.39 Å². The van der Waals surface area contributed by atoms with Gasteiger partial charge in [-0.05, 0) is 6.42 Å². The lowest BCUT2D eigenvalue weighted by Crippen LogP contribution is -2.28. The molecule has 0 aliphatic rings. The van der Waals surface area contributed by atoms with E-state index in [1.54, 1.807) is 13.8 Å². The van der Waals surface area contributed by atoms with Gasteiger partial charge in [-0.2, -0.15) is 0 Å². The van der Waals surface area contributed by atoms with E-state index < -0.39 is 12.1 Å². The van der Waals surface area contributed by atoms with Gasteiger partial charge in [-0.1, -0.05) is 13.8 Å². The minimum atomic E-state index is -1.56. The lowest BCUT2D eigenvalue weighted by atomic mass is 10.0. The van der Waals surface area contributed by atoms with Crippen LogP contribution in [0.25, 0.3) is 0 Å². The molecule has 2 nitrogen and oxygen atoms in total. The van der Waals surface area contributed by atoms with Gasteiger partial charge in [0.1, 0.15) is 0 Å². The molecule has 2 N–H and O–H groups in total. The van der Waals surface area contributed by atoms with Crippen LogP contribution in [-0.4, -0.2) is 12.1 Å². The van der Waals surface area contributed by atoms with E-state index in [1.165, 1.54) is 0 Å². The van der Waals surface area contributed by atoms with Gasteiger partial charge in [0.2, 0.25) is 0 Å². The molecule has 1 unspecified atom stereocenters. The van der Waals surface area contributed by atoms with Gasteiger partial charge in [-0.25, -0.2) is 4.39 Å². The normalized spacial score (nSPS) is 13.8. The highest BCUT2D eigenvalue weighted by Gasteiger charge is 2.20. The number of rotatable bonds is 3. The van der Waals surface area contributed by atoms with Crippen LogP contribution in [0.1, 0.15) is 20.3 Å². The van der Waals surface area contributed by atoms with Crippen LogP contribution < -0.4 is 5.73 Å². The van der Waals surface area contributed by atoms with Gasteiger partial charge < -0.3 is 5.73 Å². The van der Waals surface area contributed by atoms with Gasteiger partial charge in [-0.3, -0.25) is 4.79 Å². The number of alkyl halides is 1. The molecular formula is C6H11FNO. The average molecular weight is 132 g/mol. The number of hydrogen-bond donors (Lipinski definition) is 1. The summed E-state index contributed by atoms with van der Waals surface area (Å²) in [5.41, 5.74) is 4.68. The molecule has 3 heteroatoms. The molecule has 1 amide bonds. The van der Waals surface area contributed by atoms with Crippen molar-refractivity contribution in [1.82, 2.24) is 0 Å². The average Bonchev–Trinajstić information content (AvgIpc) is 1.84. The molecule has 53 valence electrons. The first-order valence-corrected chi connectivity index (χ1v) is 2.85. The molecule has 0 heterocycles. The largest absolute Gasteiger partial charge is 0.367 e. The van der Waals surface area contributed by atoms with E-state index >= 15 is 0 Å². The van der Waals surface area contributed by atoms with Crippen molar-refractivity contribution in [2.24, 2.45) is 5.73 Å². The lowest BCUT2D eigenvalue weighted by molar-refractivity contribution is -0.122.